The molecule has 0 spiro atoms. The average molecular weight is 499 g/mol. The van der Waals surface area contributed by atoms with E-state index in [-0.39, 0.29) is 11.4 Å². The Kier molecular flexibility index (Phi) is 10.6. The SMILES string of the molecule is CC.CCCCc1nc2c(N)nc3ccccc3c2n1OCCCCOC(=O)C(C)(C)CC(C)(C)C. The molecule has 0 bridgehead atoms. The van der Waals surface area contributed by atoms with Crippen LogP contribution in [0.3, 0.4) is 0 Å². The van der Waals surface area contributed by atoms with Gasteiger partial charge in [-0.15, -0.1) is 0 Å². The zero-order chi connectivity index (χ0) is 26.9. The van der Waals surface area contributed by atoms with E-state index in [0.29, 0.717) is 24.5 Å². The molecule has 2 heterocycles. The van der Waals surface area contributed by atoms with E-state index >= 15 is 0 Å². The van der Waals surface area contributed by atoms with Crippen molar-refractivity contribution in [3.8, 4) is 0 Å². The summed E-state index contributed by atoms with van der Waals surface area (Å²) in [6, 6.07) is 7.90. The second-order valence-electron chi connectivity index (χ2n) is 10.9. The molecular formula is C29H46N4O3. The van der Waals surface area contributed by atoms with Gasteiger partial charge in [0.25, 0.3) is 0 Å². The summed E-state index contributed by atoms with van der Waals surface area (Å²) in [6.45, 7) is 17.4. The fraction of sp³-hybridized carbons (Fsp3) is 0.621. The van der Waals surface area contributed by atoms with E-state index in [4.69, 9.17) is 20.3 Å². The van der Waals surface area contributed by atoms with Crippen LogP contribution >= 0.6 is 0 Å². The van der Waals surface area contributed by atoms with E-state index in [1.54, 1.807) is 0 Å². The lowest BCUT2D eigenvalue weighted by atomic mass is 9.76. The zero-order valence-corrected chi connectivity index (χ0v) is 23.6. The van der Waals surface area contributed by atoms with Crippen molar-refractivity contribution in [3.05, 3.63) is 30.1 Å². The number of anilines is 1. The molecule has 200 valence electrons. The third kappa shape index (κ3) is 7.58. The van der Waals surface area contributed by atoms with Crippen LogP contribution in [0, 0.1) is 10.8 Å². The van der Waals surface area contributed by atoms with Gasteiger partial charge in [0, 0.05) is 11.8 Å². The van der Waals surface area contributed by atoms with Gasteiger partial charge in [0.05, 0.1) is 17.5 Å². The number of carbonyl (C=O) groups is 1. The fourth-order valence-corrected chi connectivity index (χ4v) is 4.57. The Labute approximate surface area is 216 Å². The van der Waals surface area contributed by atoms with Crippen molar-refractivity contribution in [2.45, 2.75) is 93.9 Å². The Balaban J connectivity index is 0.00000222. The lowest BCUT2D eigenvalue weighted by molar-refractivity contribution is -0.155. The lowest BCUT2D eigenvalue weighted by Gasteiger charge is -2.30. The Morgan fingerprint density at radius 1 is 1.00 bits per heavy atom. The number of hydrogen-bond donors (Lipinski definition) is 1. The molecule has 3 rings (SSSR count). The maximum Gasteiger partial charge on any atom is 0.311 e. The molecule has 7 nitrogen and oxygen atoms in total. The van der Waals surface area contributed by atoms with Gasteiger partial charge in [0.15, 0.2) is 5.82 Å². The topological polar surface area (TPSA) is 92.3 Å². The standard InChI is InChI=1S/C27H40N4O3.C2H6/c1-7-8-15-21-30-22-23(19-13-9-10-14-20(19)29-24(22)28)31(21)34-17-12-11-16-33-25(32)27(5,6)18-26(2,3)4;1-2/h9-10,13-14H,7-8,11-12,15-18H2,1-6H3,(H2,28,29);1-2H3. The third-order valence-corrected chi connectivity index (χ3v) is 5.82. The number of pyridine rings is 1. The molecule has 1 aromatic carbocycles. The van der Waals surface area contributed by atoms with Crippen LogP contribution in [0.2, 0.25) is 0 Å². The molecule has 7 heteroatoms. The summed E-state index contributed by atoms with van der Waals surface area (Å²) in [6.07, 6.45) is 5.16. The number of benzene rings is 1. The summed E-state index contributed by atoms with van der Waals surface area (Å²) in [5, 5.41) is 0.969. The number of aromatic nitrogens is 3. The highest BCUT2D eigenvalue weighted by molar-refractivity contribution is 6.06. The highest BCUT2D eigenvalue weighted by atomic mass is 16.7. The van der Waals surface area contributed by atoms with Gasteiger partial charge in [-0.25, -0.2) is 9.97 Å². The van der Waals surface area contributed by atoms with Gasteiger partial charge >= 0.3 is 5.97 Å². The van der Waals surface area contributed by atoms with Crippen molar-refractivity contribution in [3.63, 3.8) is 0 Å². The molecule has 36 heavy (non-hydrogen) atoms. The maximum atomic E-state index is 12.5. The number of fused-ring (bicyclic) bond motifs is 3. The van der Waals surface area contributed by atoms with Crippen LogP contribution in [0.5, 0.6) is 0 Å². The Morgan fingerprint density at radius 3 is 2.33 bits per heavy atom. The van der Waals surface area contributed by atoms with Crippen LogP contribution in [0.25, 0.3) is 21.9 Å². The Morgan fingerprint density at radius 2 is 1.67 bits per heavy atom. The van der Waals surface area contributed by atoms with E-state index in [1.807, 2.05) is 56.7 Å². The Bertz CT molecular complexity index is 1130. The predicted octanol–water partition coefficient (Wildman–Crippen LogP) is 6.75. The number of esters is 1. The first kappa shape index (κ1) is 29.4. The summed E-state index contributed by atoms with van der Waals surface area (Å²) in [5.41, 5.74) is 8.19. The van der Waals surface area contributed by atoms with E-state index in [0.717, 1.165) is 60.8 Å². The third-order valence-electron chi connectivity index (χ3n) is 5.82. The molecule has 0 saturated heterocycles. The quantitative estimate of drug-likeness (QED) is 0.232. The predicted molar refractivity (Wildman–Crippen MR) is 149 cm³/mol. The van der Waals surface area contributed by atoms with Crippen molar-refractivity contribution in [2.75, 3.05) is 18.9 Å². The van der Waals surface area contributed by atoms with Crippen molar-refractivity contribution < 1.29 is 14.4 Å². The number of nitrogen functional groups attached to an aromatic ring is 1. The number of para-hydroxylation sites is 1. The highest BCUT2D eigenvalue weighted by Crippen LogP contribution is 2.34. The van der Waals surface area contributed by atoms with Gasteiger partial charge in [-0.05, 0) is 51.0 Å². The number of carbonyl (C=O) groups excluding carboxylic acids is 1. The zero-order valence-electron chi connectivity index (χ0n) is 23.6. The number of hydrogen-bond acceptors (Lipinski definition) is 6. The van der Waals surface area contributed by atoms with E-state index in [9.17, 15) is 4.79 Å². The van der Waals surface area contributed by atoms with Gasteiger partial charge in [0.2, 0.25) is 0 Å². The van der Waals surface area contributed by atoms with Crippen LogP contribution < -0.4 is 10.6 Å². The summed E-state index contributed by atoms with van der Waals surface area (Å²) in [5.74, 6) is 1.14. The summed E-state index contributed by atoms with van der Waals surface area (Å²) < 4.78 is 7.41. The first-order valence-electron chi connectivity index (χ1n) is 13.4. The van der Waals surface area contributed by atoms with Crippen molar-refractivity contribution in [1.82, 2.24) is 14.7 Å². The van der Waals surface area contributed by atoms with E-state index < -0.39 is 5.41 Å². The minimum absolute atomic E-state index is 0.0719. The molecule has 0 atom stereocenters. The van der Waals surface area contributed by atoms with E-state index in [2.05, 4.69) is 32.7 Å². The smallest absolute Gasteiger partial charge is 0.311 e. The molecule has 2 aromatic heterocycles. The average Bonchev–Trinajstić information content (AvgIpc) is 3.19. The van der Waals surface area contributed by atoms with Crippen molar-refractivity contribution in [1.29, 1.82) is 0 Å². The van der Waals surface area contributed by atoms with Gasteiger partial charge < -0.3 is 15.3 Å². The largest absolute Gasteiger partial charge is 0.465 e. The minimum atomic E-state index is -0.492. The van der Waals surface area contributed by atoms with Gasteiger partial charge in [0.1, 0.15) is 23.5 Å². The van der Waals surface area contributed by atoms with Crippen molar-refractivity contribution >= 4 is 33.7 Å². The number of nitrogens with two attached hydrogens (primary N) is 1. The van der Waals surface area contributed by atoms with Crippen LogP contribution in [0.1, 0.15) is 93.3 Å². The second-order valence-corrected chi connectivity index (χ2v) is 10.9. The molecular weight excluding hydrogens is 452 g/mol. The lowest BCUT2D eigenvalue weighted by Crippen LogP contribution is -2.31. The van der Waals surface area contributed by atoms with Gasteiger partial charge in [-0.3, -0.25) is 4.79 Å². The number of nitrogens with zero attached hydrogens (tertiary/aromatic N) is 3. The van der Waals surface area contributed by atoms with Crippen LogP contribution in [0.15, 0.2) is 24.3 Å². The number of aryl methyl sites for hydroxylation is 1. The molecule has 0 aliphatic heterocycles. The molecule has 0 fully saturated rings. The molecule has 0 aliphatic carbocycles. The fourth-order valence-electron chi connectivity index (χ4n) is 4.57. The molecule has 0 saturated carbocycles. The monoisotopic (exact) mass is 498 g/mol. The first-order chi connectivity index (χ1) is 17.0. The van der Waals surface area contributed by atoms with E-state index in [1.165, 1.54) is 0 Å². The highest BCUT2D eigenvalue weighted by Gasteiger charge is 2.33. The van der Waals surface area contributed by atoms with Crippen molar-refractivity contribution in [2.24, 2.45) is 10.8 Å². The summed E-state index contributed by atoms with van der Waals surface area (Å²) >= 11 is 0. The molecule has 3 aromatic rings. The van der Waals surface area contributed by atoms with Gasteiger partial charge in [-0.2, -0.15) is 4.73 Å². The second kappa shape index (κ2) is 12.9. The molecule has 0 unspecified atom stereocenters. The molecule has 0 aliphatic rings. The number of rotatable bonds is 11. The first-order valence-corrected chi connectivity index (χ1v) is 13.4. The summed E-state index contributed by atoms with van der Waals surface area (Å²) in [7, 11) is 0. The molecule has 2 N–H and O–H groups in total. The van der Waals surface area contributed by atoms with Crippen LogP contribution in [0.4, 0.5) is 5.82 Å². The minimum Gasteiger partial charge on any atom is -0.465 e. The normalized spacial score (nSPS) is 11.9. The number of ether oxygens (including phenoxy) is 1. The number of unbranched alkanes of at least 4 members (excludes halogenated alkanes) is 2. The summed E-state index contributed by atoms with van der Waals surface area (Å²) in [4.78, 5) is 28.0. The molecule has 0 radical (unpaired) electrons. The van der Waals surface area contributed by atoms with Crippen LogP contribution in [-0.2, 0) is 16.0 Å². The maximum absolute atomic E-state index is 12.5. The Hall–Kier alpha value is -2.83. The molecule has 0 amide bonds. The van der Waals surface area contributed by atoms with Gasteiger partial charge in [-0.1, -0.05) is 66.2 Å². The number of imidazole rings is 1. The van der Waals surface area contributed by atoms with Crippen LogP contribution in [-0.4, -0.2) is 33.9 Å².